The standard InChI is InChI=1S/C16H24N4S/c1-3-14-11-18-15(21-14)12(2)19-16-17-9-10-20(16)13-7-5-4-6-8-13/h9-13H,3-8H2,1-2H3,(H,17,19). The first-order valence-corrected chi connectivity index (χ1v) is 8.83. The van der Waals surface area contributed by atoms with Gasteiger partial charge in [-0.15, -0.1) is 11.3 Å². The molecule has 1 aliphatic rings. The van der Waals surface area contributed by atoms with Crippen molar-refractivity contribution in [2.24, 2.45) is 0 Å². The van der Waals surface area contributed by atoms with Crippen LogP contribution in [0.1, 0.15) is 67.9 Å². The Morgan fingerprint density at radius 2 is 2.14 bits per heavy atom. The predicted octanol–water partition coefficient (Wildman–Crippen LogP) is 4.58. The highest BCUT2D eigenvalue weighted by Gasteiger charge is 2.19. The third-order valence-electron chi connectivity index (χ3n) is 4.27. The van der Waals surface area contributed by atoms with Crippen molar-refractivity contribution < 1.29 is 0 Å². The van der Waals surface area contributed by atoms with Crippen molar-refractivity contribution in [1.29, 1.82) is 0 Å². The van der Waals surface area contributed by atoms with Gasteiger partial charge in [0.15, 0.2) is 0 Å². The largest absolute Gasteiger partial charge is 0.347 e. The number of nitrogens with one attached hydrogen (secondary N) is 1. The van der Waals surface area contributed by atoms with Crippen LogP contribution in [0.3, 0.4) is 0 Å². The molecule has 2 aromatic rings. The molecule has 4 nitrogen and oxygen atoms in total. The van der Waals surface area contributed by atoms with E-state index in [1.54, 1.807) is 11.3 Å². The highest BCUT2D eigenvalue weighted by atomic mass is 32.1. The van der Waals surface area contributed by atoms with Crippen LogP contribution in [0.5, 0.6) is 0 Å². The van der Waals surface area contributed by atoms with Crippen LogP contribution in [-0.4, -0.2) is 14.5 Å². The molecule has 21 heavy (non-hydrogen) atoms. The fourth-order valence-electron chi connectivity index (χ4n) is 3.02. The lowest BCUT2D eigenvalue weighted by Gasteiger charge is -2.25. The van der Waals surface area contributed by atoms with Gasteiger partial charge in [0.1, 0.15) is 5.01 Å². The van der Waals surface area contributed by atoms with Crippen molar-refractivity contribution in [2.45, 2.75) is 64.5 Å². The molecule has 2 aromatic heterocycles. The third-order valence-corrected chi connectivity index (χ3v) is 5.60. The predicted molar refractivity (Wildman–Crippen MR) is 87.9 cm³/mol. The van der Waals surface area contributed by atoms with E-state index in [1.165, 1.54) is 37.0 Å². The molecule has 1 saturated carbocycles. The Balaban J connectivity index is 1.71. The lowest BCUT2D eigenvalue weighted by atomic mass is 9.95. The molecule has 0 saturated heterocycles. The summed E-state index contributed by atoms with van der Waals surface area (Å²) in [6.45, 7) is 4.34. The number of imidazole rings is 1. The monoisotopic (exact) mass is 304 g/mol. The minimum Gasteiger partial charge on any atom is -0.347 e. The summed E-state index contributed by atoms with van der Waals surface area (Å²) in [4.78, 5) is 10.4. The molecule has 1 N–H and O–H groups in total. The van der Waals surface area contributed by atoms with Crippen LogP contribution in [0.4, 0.5) is 5.95 Å². The summed E-state index contributed by atoms with van der Waals surface area (Å²) in [6.07, 6.45) is 13.7. The summed E-state index contributed by atoms with van der Waals surface area (Å²) in [5, 5.41) is 4.68. The number of thiazole rings is 1. The molecule has 0 amide bonds. The molecule has 0 bridgehead atoms. The molecule has 0 aromatic carbocycles. The van der Waals surface area contributed by atoms with Gasteiger partial charge in [0.25, 0.3) is 0 Å². The van der Waals surface area contributed by atoms with Crippen molar-refractivity contribution >= 4 is 17.3 Å². The average Bonchev–Trinajstić information content (AvgIpc) is 3.17. The van der Waals surface area contributed by atoms with Crippen LogP contribution in [-0.2, 0) is 6.42 Å². The fourth-order valence-corrected chi connectivity index (χ4v) is 3.88. The summed E-state index contributed by atoms with van der Waals surface area (Å²) in [5.74, 6) is 0.989. The van der Waals surface area contributed by atoms with Gasteiger partial charge >= 0.3 is 0 Å². The maximum atomic E-state index is 4.53. The molecule has 3 rings (SSSR count). The number of aryl methyl sites for hydroxylation is 1. The van der Waals surface area contributed by atoms with Crippen LogP contribution in [0.25, 0.3) is 0 Å². The number of hydrogen-bond acceptors (Lipinski definition) is 4. The van der Waals surface area contributed by atoms with Crippen LogP contribution in [0.2, 0.25) is 0 Å². The molecule has 0 aliphatic heterocycles. The van der Waals surface area contributed by atoms with E-state index >= 15 is 0 Å². The number of aromatic nitrogens is 3. The van der Waals surface area contributed by atoms with Crippen molar-refractivity contribution in [2.75, 3.05) is 5.32 Å². The molecule has 1 unspecified atom stereocenters. The molecule has 1 atom stereocenters. The Bertz CT molecular complexity index is 568. The molecule has 1 fully saturated rings. The Hall–Kier alpha value is -1.36. The van der Waals surface area contributed by atoms with Crippen molar-refractivity contribution in [1.82, 2.24) is 14.5 Å². The zero-order chi connectivity index (χ0) is 14.7. The van der Waals surface area contributed by atoms with E-state index in [4.69, 9.17) is 0 Å². The van der Waals surface area contributed by atoms with Crippen molar-refractivity contribution in [3.8, 4) is 0 Å². The summed E-state index contributed by atoms with van der Waals surface area (Å²) in [6, 6.07) is 0.818. The van der Waals surface area contributed by atoms with E-state index in [9.17, 15) is 0 Å². The normalized spacial score (nSPS) is 17.8. The van der Waals surface area contributed by atoms with E-state index in [-0.39, 0.29) is 6.04 Å². The van der Waals surface area contributed by atoms with Crippen LogP contribution in [0.15, 0.2) is 18.6 Å². The number of nitrogens with zero attached hydrogens (tertiary/aromatic N) is 3. The minimum absolute atomic E-state index is 0.208. The Labute approximate surface area is 130 Å². The summed E-state index contributed by atoms with van der Waals surface area (Å²) in [7, 11) is 0. The molecule has 0 radical (unpaired) electrons. The fraction of sp³-hybridized carbons (Fsp3) is 0.625. The van der Waals surface area contributed by atoms with E-state index in [0.29, 0.717) is 6.04 Å². The molecule has 114 valence electrons. The van der Waals surface area contributed by atoms with Gasteiger partial charge in [-0.05, 0) is 26.2 Å². The second-order valence-corrected chi connectivity index (χ2v) is 6.98. The zero-order valence-corrected chi connectivity index (χ0v) is 13.7. The highest BCUT2D eigenvalue weighted by Crippen LogP contribution is 2.31. The molecule has 2 heterocycles. The molecular formula is C16H24N4S. The quantitative estimate of drug-likeness (QED) is 0.879. The van der Waals surface area contributed by atoms with Gasteiger partial charge in [-0.2, -0.15) is 0 Å². The SMILES string of the molecule is CCc1cnc(C(C)Nc2nccn2C2CCCCC2)s1. The van der Waals surface area contributed by atoms with Crippen molar-refractivity contribution in [3.05, 3.63) is 28.5 Å². The highest BCUT2D eigenvalue weighted by molar-refractivity contribution is 7.11. The minimum atomic E-state index is 0.208. The molecule has 1 aliphatic carbocycles. The van der Waals surface area contributed by atoms with Gasteiger partial charge in [-0.25, -0.2) is 9.97 Å². The van der Waals surface area contributed by atoms with E-state index < -0.39 is 0 Å². The van der Waals surface area contributed by atoms with Crippen LogP contribution >= 0.6 is 11.3 Å². The lowest BCUT2D eigenvalue weighted by Crippen LogP contribution is -2.17. The number of rotatable bonds is 5. The first-order valence-electron chi connectivity index (χ1n) is 8.02. The second kappa shape index (κ2) is 6.60. The topological polar surface area (TPSA) is 42.7 Å². The van der Waals surface area contributed by atoms with Crippen LogP contribution < -0.4 is 5.32 Å². The van der Waals surface area contributed by atoms with Gasteiger partial charge < -0.3 is 9.88 Å². The van der Waals surface area contributed by atoms with Gasteiger partial charge in [0.05, 0.1) is 6.04 Å². The first kappa shape index (κ1) is 14.6. The van der Waals surface area contributed by atoms with E-state index in [0.717, 1.165) is 17.4 Å². The lowest BCUT2D eigenvalue weighted by molar-refractivity contribution is 0.355. The Kier molecular flexibility index (Phi) is 4.58. The summed E-state index contributed by atoms with van der Waals surface area (Å²) in [5.41, 5.74) is 0. The molecular weight excluding hydrogens is 280 g/mol. The van der Waals surface area contributed by atoms with Crippen LogP contribution in [0, 0.1) is 0 Å². The van der Waals surface area contributed by atoms with Crippen molar-refractivity contribution in [3.63, 3.8) is 0 Å². The Morgan fingerprint density at radius 1 is 1.33 bits per heavy atom. The molecule has 0 spiro atoms. The first-order chi connectivity index (χ1) is 10.3. The third kappa shape index (κ3) is 3.28. The maximum Gasteiger partial charge on any atom is 0.203 e. The van der Waals surface area contributed by atoms with E-state index in [2.05, 4.69) is 39.9 Å². The molecule has 5 heteroatoms. The number of anilines is 1. The number of hydrogen-bond donors (Lipinski definition) is 1. The van der Waals surface area contributed by atoms with Gasteiger partial charge in [0, 0.05) is 29.5 Å². The summed E-state index contributed by atoms with van der Waals surface area (Å²) >= 11 is 1.79. The second-order valence-electron chi connectivity index (χ2n) is 5.83. The van der Waals surface area contributed by atoms with Gasteiger partial charge in [-0.3, -0.25) is 0 Å². The average molecular weight is 304 g/mol. The van der Waals surface area contributed by atoms with E-state index in [1.807, 2.05) is 12.4 Å². The zero-order valence-electron chi connectivity index (χ0n) is 12.9. The smallest absolute Gasteiger partial charge is 0.203 e. The maximum absolute atomic E-state index is 4.53. The van der Waals surface area contributed by atoms with Gasteiger partial charge in [-0.1, -0.05) is 26.2 Å². The summed E-state index contributed by atoms with van der Waals surface area (Å²) < 4.78 is 2.32. The Morgan fingerprint density at radius 3 is 2.86 bits per heavy atom. The van der Waals surface area contributed by atoms with Gasteiger partial charge in [0.2, 0.25) is 5.95 Å².